The Bertz CT molecular complexity index is 1590. The Kier molecular flexibility index (Phi) is 6.26. The van der Waals surface area contributed by atoms with E-state index in [9.17, 15) is 9.90 Å². The van der Waals surface area contributed by atoms with Gasteiger partial charge in [-0.3, -0.25) is 9.78 Å². The van der Waals surface area contributed by atoms with Crippen LogP contribution < -0.4 is 4.90 Å². The highest BCUT2D eigenvalue weighted by atomic mass is 16.5. The fraction of sp³-hybridized carbons (Fsp3) is 0.259. The highest BCUT2D eigenvalue weighted by Gasteiger charge is 2.25. The van der Waals surface area contributed by atoms with Gasteiger partial charge >= 0.3 is 5.97 Å². The van der Waals surface area contributed by atoms with Crippen LogP contribution in [0.25, 0.3) is 39.8 Å². The minimum absolute atomic E-state index is 0.204. The lowest BCUT2D eigenvalue weighted by molar-refractivity contribution is -0.136. The summed E-state index contributed by atoms with van der Waals surface area (Å²) in [6.45, 7) is 5.21. The molecule has 1 aliphatic rings. The molecule has 0 radical (unpaired) electrons. The van der Waals surface area contributed by atoms with E-state index in [1.165, 1.54) is 0 Å². The van der Waals surface area contributed by atoms with Crippen molar-refractivity contribution in [2.45, 2.75) is 19.9 Å². The zero-order valence-electron chi connectivity index (χ0n) is 20.9. The van der Waals surface area contributed by atoms with Crippen molar-refractivity contribution in [3.63, 3.8) is 0 Å². The molecule has 0 aliphatic carbocycles. The van der Waals surface area contributed by atoms with Gasteiger partial charge in [0.2, 0.25) is 0 Å². The average Bonchev–Trinajstić information content (AvgIpc) is 3.55. The van der Waals surface area contributed by atoms with Crippen molar-refractivity contribution in [2.75, 3.05) is 31.2 Å². The zero-order valence-corrected chi connectivity index (χ0v) is 20.9. The van der Waals surface area contributed by atoms with Crippen molar-refractivity contribution < 1.29 is 14.6 Å². The van der Waals surface area contributed by atoms with Crippen LogP contribution in [0.1, 0.15) is 12.6 Å². The summed E-state index contributed by atoms with van der Waals surface area (Å²) in [5, 5.41) is 14.1. The molecule has 11 nitrogen and oxygen atoms in total. The summed E-state index contributed by atoms with van der Waals surface area (Å²) in [5.74, 6) is 0.877. The highest BCUT2D eigenvalue weighted by molar-refractivity contribution is 5.88. The fourth-order valence-corrected chi connectivity index (χ4v) is 4.72. The quantitative estimate of drug-likeness (QED) is 0.351. The summed E-state index contributed by atoms with van der Waals surface area (Å²) in [6, 6.07) is 15.3. The zero-order chi connectivity index (χ0) is 26.1. The van der Waals surface area contributed by atoms with E-state index in [0.29, 0.717) is 67.2 Å². The number of imidazole rings is 1. The van der Waals surface area contributed by atoms with Crippen LogP contribution >= 0.6 is 0 Å². The minimum atomic E-state index is -0.953. The van der Waals surface area contributed by atoms with Crippen LogP contribution in [-0.4, -0.2) is 71.7 Å². The van der Waals surface area contributed by atoms with Crippen molar-refractivity contribution in [3.05, 3.63) is 66.6 Å². The lowest BCUT2D eigenvalue weighted by Crippen LogP contribution is -2.37. The number of aryl methyl sites for hydroxylation is 1. The standard InChI is InChI=1S/C27H26N8O3/c1-2-34-24(19-8-10-28-11-9-19)29-23-25(33-12-14-38-15-13-33)30-27(31-26(23)34)35-21(18-6-4-3-5-7-18)16-20(32-35)17-22(36)37/h3-11,16H,2,12-15,17H2,1H3,(H,36,37). The second-order valence-corrected chi connectivity index (χ2v) is 8.90. The molecule has 1 N–H and O–H groups in total. The van der Waals surface area contributed by atoms with Crippen LogP contribution in [0, 0.1) is 0 Å². The van der Waals surface area contributed by atoms with Gasteiger partial charge in [0.05, 0.1) is 31.0 Å². The summed E-state index contributed by atoms with van der Waals surface area (Å²) in [6.07, 6.45) is 3.29. The first-order chi connectivity index (χ1) is 18.6. The number of carboxylic acids is 1. The molecule has 0 unspecified atom stereocenters. The third-order valence-corrected chi connectivity index (χ3v) is 6.48. The molecule has 192 valence electrons. The molecule has 0 amide bonds. The maximum atomic E-state index is 11.5. The van der Waals surface area contributed by atoms with E-state index >= 15 is 0 Å². The van der Waals surface area contributed by atoms with Gasteiger partial charge in [0.1, 0.15) is 5.82 Å². The number of hydrogen-bond donors (Lipinski definition) is 1. The molecule has 0 saturated carbocycles. The van der Waals surface area contributed by atoms with Gasteiger partial charge in [0.25, 0.3) is 5.95 Å². The van der Waals surface area contributed by atoms with Crippen LogP contribution in [0.5, 0.6) is 0 Å². The molecular formula is C27H26N8O3. The van der Waals surface area contributed by atoms with Gasteiger partial charge in [-0.25, -0.2) is 4.98 Å². The lowest BCUT2D eigenvalue weighted by atomic mass is 10.1. The summed E-state index contributed by atoms with van der Waals surface area (Å²) < 4.78 is 9.29. The number of carbonyl (C=O) groups is 1. The third kappa shape index (κ3) is 4.37. The van der Waals surface area contributed by atoms with Gasteiger partial charge < -0.3 is 19.3 Å². The number of aromatic nitrogens is 7. The van der Waals surface area contributed by atoms with E-state index in [1.807, 2.05) is 42.5 Å². The summed E-state index contributed by atoms with van der Waals surface area (Å²) in [5.41, 5.74) is 4.33. The number of morpholine rings is 1. The fourth-order valence-electron chi connectivity index (χ4n) is 4.72. The molecular weight excluding hydrogens is 484 g/mol. The van der Waals surface area contributed by atoms with Gasteiger partial charge in [-0.05, 0) is 25.1 Å². The molecule has 5 heterocycles. The molecule has 4 aromatic heterocycles. The van der Waals surface area contributed by atoms with E-state index in [4.69, 9.17) is 19.7 Å². The monoisotopic (exact) mass is 510 g/mol. The molecule has 0 atom stereocenters. The first kappa shape index (κ1) is 23.7. The molecule has 0 spiro atoms. The number of aliphatic carboxylic acids is 1. The van der Waals surface area contributed by atoms with Gasteiger partial charge in [-0.2, -0.15) is 19.7 Å². The summed E-state index contributed by atoms with van der Waals surface area (Å²) >= 11 is 0. The topological polar surface area (TPSA) is 124 Å². The molecule has 1 fully saturated rings. The number of pyridine rings is 1. The Hall–Kier alpha value is -4.64. The molecule has 0 bridgehead atoms. The Balaban J connectivity index is 1.60. The predicted octanol–water partition coefficient (Wildman–Crippen LogP) is 3.22. The Morgan fingerprint density at radius 3 is 2.47 bits per heavy atom. The van der Waals surface area contributed by atoms with E-state index in [2.05, 4.69) is 26.5 Å². The summed E-state index contributed by atoms with van der Waals surface area (Å²) in [7, 11) is 0. The van der Waals surface area contributed by atoms with E-state index in [1.54, 1.807) is 23.1 Å². The van der Waals surface area contributed by atoms with E-state index in [-0.39, 0.29) is 6.42 Å². The number of fused-ring (bicyclic) bond motifs is 1. The highest BCUT2D eigenvalue weighted by Crippen LogP contribution is 2.31. The van der Waals surface area contributed by atoms with Gasteiger partial charge in [0.15, 0.2) is 17.0 Å². The average molecular weight is 511 g/mol. The normalized spacial score (nSPS) is 13.8. The van der Waals surface area contributed by atoms with Gasteiger partial charge in [0, 0.05) is 43.2 Å². The van der Waals surface area contributed by atoms with Crippen molar-refractivity contribution in [3.8, 4) is 28.6 Å². The molecule has 1 saturated heterocycles. The Labute approximate surface area is 218 Å². The van der Waals surface area contributed by atoms with Crippen LogP contribution in [0.4, 0.5) is 5.82 Å². The molecule has 6 rings (SSSR count). The maximum Gasteiger partial charge on any atom is 0.309 e. The Morgan fingerprint density at radius 1 is 1.00 bits per heavy atom. The summed E-state index contributed by atoms with van der Waals surface area (Å²) in [4.78, 5) is 32.8. The smallest absolute Gasteiger partial charge is 0.309 e. The van der Waals surface area contributed by atoms with E-state index in [0.717, 1.165) is 17.0 Å². The number of nitrogens with zero attached hydrogens (tertiary/aromatic N) is 8. The third-order valence-electron chi connectivity index (χ3n) is 6.48. The number of hydrogen-bond acceptors (Lipinski definition) is 8. The largest absolute Gasteiger partial charge is 0.481 e. The number of carboxylic acid groups (broad SMARTS) is 1. The second kappa shape index (κ2) is 10.0. The van der Waals surface area contributed by atoms with Gasteiger partial charge in [-0.15, -0.1) is 0 Å². The van der Waals surface area contributed by atoms with Crippen molar-refractivity contribution in [1.29, 1.82) is 0 Å². The predicted molar refractivity (Wildman–Crippen MR) is 141 cm³/mol. The number of rotatable bonds is 7. The van der Waals surface area contributed by atoms with Crippen LogP contribution in [0.3, 0.4) is 0 Å². The number of benzene rings is 1. The number of anilines is 1. The minimum Gasteiger partial charge on any atom is -0.481 e. The second-order valence-electron chi connectivity index (χ2n) is 8.90. The van der Waals surface area contributed by atoms with Crippen LogP contribution in [0.15, 0.2) is 60.9 Å². The lowest BCUT2D eigenvalue weighted by Gasteiger charge is -2.28. The van der Waals surface area contributed by atoms with Crippen molar-refractivity contribution >= 4 is 23.0 Å². The molecule has 38 heavy (non-hydrogen) atoms. The molecule has 5 aromatic rings. The first-order valence-electron chi connectivity index (χ1n) is 12.5. The first-order valence-corrected chi connectivity index (χ1v) is 12.5. The molecule has 1 aromatic carbocycles. The maximum absolute atomic E-state index is 11.5. The van der Waals surface area contributed by atoms with E-state index < -0.39 is 5.97 Å². The molecule has 11 heteroatoms. The van der Waals surface area contributed by atoms with Crippen LogP contribution in [0.2, 0.25) is 0 Å². The van der Waals surface area contributed by atoms with Gasteiger partial charge in [-0.1, -0.05) is 30.3 Å². The SMILES string of the molecule is CCn1c(-c2ccncc2)nc2c(N3CCOCC3)nc(-n3nc(CC(=O)O)cc3-c3ccccc3)nc21. The number of ether oxygens (including phenoxy) is 1. The van der Waals surface area contributed by atoms with Crippen LogP contribution in [-0.2, 0) is 22.5 Å². The van der Waals surface area contributed by atoms with Crippen molar-refractivity contribution in [2.24, 2.45) is 0 Å². The Morgan fingerprint density at radius 2 is 1.76 bits per heavy atom. The molecule has 1 aliphatic heterocycles. The van der Waals surface area contributed by atoms with Crippen molar-refractivity contribution in [1.82, 2.24) is 34.3 Å².